The smallest absolute Gasteiger partial charge is 0.0845 e. The molecule has 1 aliphatic heterocycles. The lowest BCUT2D eigenvalue weighted by atomic mass is 10.1. The average Bonchev–Trinajstić information content (AvgIpc) is 2.83. The van der Waals surface area contributed by atoms with Crippen LogP contribution in [0.4, 0.5) is 0 Å². The van der Waals surface area contributed by atoms with Crippen LogP contribution in [0.3, 0.4) is 0 Å². The Morgan fingerprint density at radius 1 is 0.692 bits per heavy atom. The van der Waals surface area contributed by atoms with Crippen LogP contribution in [0.25, 0.3) is 0 Å². The predicted molar refractivity (Wildman–Crippen MR) is 54.6 cm³/mol. The first-order valence-electron chi connectivity index (χ1n) is 5.42. The SMILES string of the molecule is C1=C\CCC2OC2CC/C=C/CC/1. The van der Waals surface area contributed by atoms with Gasteiger partial charge in [-0.3, -0.25) is 0 Å². The van der Waals surface area contributed by atoms with Crippen LogP contribution in [0.2, 0.25) is 0 Å². The van der Waals surface area contributed by atoms with Crippen LogP contribution in [0.1, 0.15) is 38.5 Å². The first-order chi connectivity index (χ1) is 6.47. The zero-order valence-corrected chi connectivity index (χ0v) is 8.11. The molecule has 0 aromatic rings. The van der Waals surface area contributed by atoms with Gasteiger partial charge in [0.2, 0.25) is 0 Å². The lowest BCUT2D eigenvalue weighted by Crippen LogP contribution is -1.93. The van der Waals surface area contributed by atoms with Gasteiger partial charge in [-0.1, -0.05) is 24.3 Å². The first kappa shape index (κ1) is 9.01. The summed E-state index contributed by atoms with van der Waals surface area (Å²) in [6.45, 7) is 0. The summed E-state index contributed by atoms with van der Waals surface area (Å²) in [5.74, 6) is 0. The minimum Gasteiger partial charge on any atom is -0.370 e. The van der Waals surface area contributed by atoms with Crippen molar-refractivity contribution < 1.29 is 4.74 Å². The fraction of sp³-hybridized carbons (Fsp3) is 0.667. The molecule has 0 bridgehead atoms. The van der Waals surface area contributed by atoms with Crippen molar-refractivity contribution in [2.75, 3.05) is 0 Å². The molecule has 1 aliphatic carbocycles. The number of rotatable bonds is 0. The maximum atomic E-state index is 5.56. The zero-order valence-electron chi connectivity index (χ0n) is 8.11. The molecule has 1 saturated heterocycles. The minimum atomic E-state index is 0.581. The Kier molecular flexibility index (Phi) is 3.20. The van der Waals surface area contributed by atoms with E-state index in [1.165, 1.54) is 38.5 Å². The molecule has 1 heterocycles. The topological polar surface area (TPSA) is 12.5 Å². The number of epoxide rings is 1. The lowest BCUT2D eigenvalue weighted by Gasteiger charge is -1.94. The third kappa shape index (κ3) is 3.00. The molecule has 0 aromatic carbocycles. The van der Waals surface area contributed by atoms with Gasteiger partial charge in [0, 0.05) is 0 Å². The molecular formula is C12H18O. The van der Waals surface area contributed by atoms with Crippen molar-refractivity contribution in [3.05, 3.63) is 24.3 Å². The second-order valence-corrected chi connectivity index (χ2v) is 3.89. The summed E-state index contributed by atoms with van der Waals surface area (Å²) < 4.78 is 5.56. The van der Waals surface area contributed by atoms with Crippen molar-refractivity contribution in [2.24, 2.45) is 0 Å². The monoisotopic (exact) mass is 178 g/mol. The van der Waals surface area contributed by atoms with E-state index in [9.17, 15) is 0 Å². The third-order valence-corrected chi connectivity index (χ3v) is 2.76. The van der Waals surface area contributed by atoms with Gasteiger partial charge in [-0.05, 0) is 38.5 Å². The molecule has 0 amide bonds. The van der Waals surface area contributed by atoms with Crippen molar-refractivity contribution in [1.82, 2.24) is 0 Å². The maximum absolute atomic E-state index is 5.56. The van der Waals surface area contributed by atoms with Gasteiger partial charge in [0.1, 0.15) is 0 Å². The summed E-state index contributed by atoms with van der Waals surface area (Å²) in [5.41, 5.74) is 0. The lowest BCUT2D eigenvalue weighted by molar-refractivity contribution is 0.357. The van der Waals surface area contributed by atoms with Crippen LogP contribution in [0, 0.1) is 0 Å². The summed E-state index contributed by atoms with van der Waals surface area (Å²) in [6, 6.07) is 0. The van der Waals surface area contributed by atoms with E-state index in [1.54, 1.807) is 0 Å². The summed E-state index contributed by atoms with van der Waals surface area (Å²) in [7, 11) is 0. The number of allylic oxidation sites excluding steroid dienone is 4. The standard InChI is InChI=1S/C12H18O/c1-2-4-6-8-10-12-11(13-12)9-7-5-3-1/h3-6,11-12H,1-2,7-10H2/b5-3-,6-4+. The van der Waals surface area contributed by atoms with Gasteiger partial charge < -0.3 is 4.74 Å². The number of hydrogen-bond acceptors (Lipinski definition) is 1. The highest BCUT2D eigenvalue weighted by Crippen LogP contribution is 2.30. The Hall–Kier alpha value is -0.560. The van der Waals surface area contributed by atoms with Crippen LogP contribution < -0.4 is 0 Å². The molecule has 2 rings (SSSR count). The molecule has 2 aliphatic rings. The number of ether oxygens (including phenoxy) is 1. The van der Waals surface area contributed by atoms with Crippen molar-refractivity contribution in [2.45, 2.75) is 50.7 Å². The summed E-state index contributed by atoms with van der Waals surface area (Å²) >= 11 is 0. The fourth-order valence-electron chi connectivity index (χ4n) is 1.87. The van der Waals surface area contributed by atoms with E-state index in [0.29, 0.717) is 12.2 Å². The minimum absolute atomic E-state index is 0.581. The molecule has 0 saturated carbocycles. The van der Waals surface area contributed by atoms with Gasteiger partial charge >= 0.3 is 0 Å². The summed E-state index contributed by atoms with van der Waals surface area (Å²) in [5, 5.41) is 0. The molecule has 13 heavy (non-hydrogen) atoms. The van der Waals surface area contributed by atoms with E-state index in [4.69, 9.17) is 4.74 Å². The second-order valence-electron chi connectivity index (χ2n) is 3.89. The van der Waals surface area contributed by atoms with Gasteiger partial charge in [-0.25, -0.2) is 0 Å². The Balaban J connectivity index is 1.80. The number of hydrogen-bond donors (Lipinski definition) is 0. The highest BCUT2D eigenvalue weighted by molar-refractivity contribution is 4.94. The van der Waals surface area contributed by atoms with Gasteiger partial charge in [0.05, 0.1) is 12.2 Å². The van der Waals surface area contributed by atoms with E-state index in [1.807, 2.05) is 0 Å². The highest BCUT2D eigenvalue weighted by atomic mass is 16.6. The Morgan fingerprint density at radius 2 is 1.15 bits per heavy atom. The largest absolute Gasteiger partial charge is 0.370 e. The molecule has 0 aromatic heterocycles. The predicted octanol–water partition coefficient (Wildman–Crippen LogP) is 3.22. The summed E-state index contributed by atoms with van der Waals surface area (Å²) in [6.07, 6.45) is 17.6. The molecule has 2 atom stereocenters. The summed E-state index contributed by atoms with van der Waals surface area (Å²) in [4.78, 5) is 0. The van der Waals surface area contributed by atoms with E-state index >= 15 is 0 Å². The van der Waals surface area contributed by atoms with Crippen LogP contribution in [-0.2, 0) is 4.74 Å². The molecule has 0 spiro atoms. The van der Waals surface area contributed by atoms with E-state index in [2.05, 4.69) is 24.3 Å². The van der Waals surface area contributed by atoms with Crippen molar-refractivity contribution >= 4 is 0 Å². The van der Waals surface area contributed by atoms with Gasteiger partial charge in [0.15, 0.2) is 0 Å². The van der Waals surface area contributed by atoms with E-state index in [-0.39, 0.29) is 0 Å². The second kappa shape index (κ2) is 4.61. The maximum Gasteiger partial charge on any atom is 0.0845 e. The quantitative estimate of drug-likeness (QED) is 0.410. The van der Waals surface area contributed by atoms with Gasteiger partial charge in [-0.2, -0.15) is 0 Å². The van der Waals surface area contributed by atoms with E-state index in [0.717, 1.165) is 0 Å². The molecular weight excluding hydrogens is 160 g/mol. The van der Waals surface area contributed by atoms with Crippen molar-refractivity contribution in [3.63, 3.8) is 0 Å². The van der Waals surface area contributed by atoms with Crippen LogP contribution in [-0.4, -0.2) is 12.2 Å². The Labute approximate surface area is 80.5 Å². The molecule has 1 nitrogen and oxygen atoms in total. The molecule has 1 fully saturated rings. The normalized spacial score (nSPS) is 39.4. The molecule has 2 unspecified atom stereocenters. The molecule has 0 N–H and O–H groups in total. The van der Waals surface area contributed by atoms with Crippen LogP contribution in [0.15, 0.2) is 24.3 Å². The van der Waals surface area contributed by atoms with Crippen molar-refractivity contribution in [3.8, 4) is 0 Å². The molecule has 0 radical (unpaired) electrons. The van der Waals surface area contributed by atoms with Gasteiger partial charge in [0.25, 0.3) is 0 Å². The van der Waals surface area contributed by atoms with Crippen molar-refractivity contribution in [1.29, 1.82) is 0 Å². The third-order valence-electron chi connectivity index (χ3n) is 2.76. The first-order valence-corrected chi connectivity index (χ1v) is 5.42. The fourth-order valence-corrected chi connectivity index (χ4v) is 1.87. The average molecular weight is 178 g/mol. The zero-order chi connectivity index (χ0) is 8.93. The Morgan fingerprint density at radius 3 is 1.69 bits per heavy atom. The van der Waals surface area contributed by atoms with E-state index < -0.39 is 0 Å². The van der Waals surface area contributed by atoms with Gasteiger partial charge in [-0.15, -0.1) is 0 Å². The highest BCUT2D eigenvalue weighted by Gasteiger charge is 2.36. The van der Waals surface area contributed by atoms with Crippen LogP contribution in [0.5, 0.6) is 0 Å². The molecule has 72 valence electrons. The van der Waals surface area contributed by atoms with Crippen LogP contribution >= 0.6 is 0 Å². The molecule has 1 heteroatoms. The number of fused-ring (bicyclic) bond motifs is 1. The Bertz CT molecular complexity index is 183.